The Bertz CT molecular complexity index is 350. The Morgan fingerprint density at radius 3 is 2.55 bits per heavy atom. The van der Waals surface area contributed by atoms with Crippen LogP contribution in [0.15, 0.2) is 0 Å². The molecule has 2 atom stereocenters. The van der Waals surface area contributed by atoms with Gasteiger partial charge in [0, 0.05) is 6.54 Å². The highest BCUT2D eigenvalue weighted by Crippen LogP contribution is 2.24. The molecule has 0 bridgehead atoms. The van der Waals surface area contributed by atoms with E-state index in [9.17, 15) is 14.7 Å². The number of rotatable bonds is 3. The van der Waals surface area contributed by atoms with Crippen molar-refractivity contribution in [3.8, 4) is 0 Å². The fraction of sp³-hybridized carbons (Fsp3) is 0.857. The van der Waals surface area contributed by atoms with Crippen LogP contribution in [0, 0.1) is 0 Å². The summed E-state index contributed by atoms with van der Waals surface area (Å²) in [5.74, 6) is -0.479. The summed E-state index contributed by atoms with van der Waals surface area (Å²) in [6.45, 7) is 5.94. The van der Waals surface area contributed by atoms with Crippen molar-refractivity contribution in [2.24, 2.45) is 0 Å². The molecule has 116 valence electrons. The van der Waals surface area contributed by atoms with Gasteiger partial charge in [-0.25, -0.2) is 4.79 Å². The standard InChI is InChI=1S/C14H25NO5/c1-14(2,3)20-13(18)15-8-6-5-7-10(15)11(16)9-12(17)19-4/h10-11,16H,5-9H2,1-4H3/t10-,11-/m1/s1. The van der Waals surface area contributed by atoms with Crippen molar-refractivity contribution in [1.29, 1.82) is 0 Å². The Labute approximate surface area is 120 Å². The maximum Gasteiger partial charge on any atom is 0.410 e. The van der Waals surface area contributed by atoms with Crippen LogP contribution in [0.4, 0.5) is 4.79 Å². The molecule has 0 saturated carbocycles. The van der Waals surface area contributed by atoms with Gasteiger partial charge in [-0.05, 0) is 40.0 Å². The van der Waals surface area contributed by atoms with Gasteiger partial charge in [0.15, 0.2) is 0 Å². The lowest BCUT2D eigenvalue weighted by Crippen LogP contribution is -2.51. The first-order valence-electron chi connectivity index (χ1n) is 6.99. The number of esters is 1. The summed E-state index contributed by atoms with van der Waals surface area (Å²) in [5.41, 5.74) is -0.577. The zero-order valence-corrected chi connectivity index (χ0v) is 12.7. The number of carbonyl (C=O) groups excluding carboxylic acids is 2. The van der Waals surface area contributed by atoms with Gasteiger partial charge in [0.25, 0.3) is 0 Å². The van der Waals surface area contributed by atoms with Crippen molar-refractivity contribution in [3.63, 3.8) is 0 Å². The molecule has 1 saturated heterocycles. The van der Waals surface area contributed by atoms with Crippen molar-refractivity contribution in [2.75, 3.05) is 13.7 Å². The summed E-state index contributed by atoms with van der Waals surface area (Å²) < 4.78 is 9.90. The number of aliphatic hydroxyl groups excluding tert-OH is 1. The van der Waals surface area contributed by atoms with Crippen molar-refractivity contribution in [1.82, 2.24) is 4.90 Å². The molecule has 0 spiro atoms. The minimum Gasteiger partial charge on any atom is -0.469 e. The second-order valence-corrected chi connectivity index (χ2v) is 6.08. The largest absolute Gasteiger partial charge is 0.469 e. The van der Waals surface area contributed by atoms with Crippen LogP contribution in [0.3, 0.4) is 0 Å². The molecule has 0 aromatic carbocycles. The lowest BCUT2D eigenvalue weighted by Gasteiger charge is -2.38. The van der Waals surface area contributed by atoms with E-state index in [0.29, 0.717) is 13.0 Å². The molecule has 0 unspecified atom stereocenters. The highest BCUT2D eigenvalue weighted by molar-refractivity contribution is 5.71. The maximum atomic E-state index is 12.2. The van der Waals surface area contributed by atoms with Gasteiger partial charge in [0.2, 0.25) is 0 Å². The first-order valence-corrected chi connectivity index (χ1v) is 6.99. The molecule has 1 N–H and O–H groups in total. The van der Waals surface area contributed by atoms with Gasteiger partial charge in [0.1, 0.15) is 5.60 Å². The number of carbonyl (C=O) groups is 2. The van der Waals surface area contributed by atoms with E-state index in [1.807, 2.05) is 0 Å². The van der Waals surface area contributed by atoms with E-state index in [0.717, 1.165) is 12.8 Å². The SMILES string of the molecule is COC(=O)C[C@@H](O)[C@H]1CCCCN1C(=O)OC(C)(C)C. The number of hydrogen-bond donors (Lipinski definition) is 1. The Balaban J connectivity index is 2.70. The molecular weight excluding hydrogens is 262 g/mol. The summed E-state index contributed by atoms with van der Waals surface area (Å²) >= 11 is 0. The third kappa shape index (κ3) is 5.00. The van der Waals surface area contributed by atoms with Crippen molar-refractivity contribution >= 4 is 12.1 Å². The molecule has 1 rings (SSSR count). The number of hydrogen-bond acceptors (Lipinski definition) is 5. The van der Waals surface area contributed by atoms with Crippen LogP contribution in [-0.4, -0.2) is 53.5 Å². The molecule has 1 amide bonds. The van der Waals surface area contributed by atoms with Crippen LogP contribution in [0.25, 0.3) is 0 Å². The average molecular weight is 287 g/mol. The van der Waals surface area contributed by atoms with Gasteiger partial charge in [-0.1, -0.05) is 0 Å². The quantitative estimate of drug-likeness (QED) is 0.800. The fourth-order valence-electron chi connectivity index (χ4n) is 2.29. The van der Waals surface area contributed by atoms with Crippen LogP contribution in [0.1, 0.15) is 46.5 Å². The van der Waals surface area contributed by atoms with Crippen molar-refractivity contribution < 1.29 is 24.2 Å². The second-order valence-electron chi connectivity index (χ2n) is 6.08. The lowest BCUT2D eigenvalue weighted by molar-refractivity contribution is -0.144. The molecule has 0 aromatic rings. The van der Waals surface area contributed by atoms with E-state index in [1.165, 1.54) is 12.0 Å². The molecule has 1 fully saturated rings. The Hall–Kier alpha value is -1.30. The first kappa shape index (κ1) is 16.8. The normalized spacial score (nSPS) is 21.2. The predicted molar refractivity (Wildman–Crippen MR) is 73.2 cm³/mol. The fourth-order valence-corrected chi connectivity index (χ4v) is 2.29. The highest BCUT2D eigenvalue weighted by Gasteiger charge is 2.35. The van der Waals surface area contributed by atoms with Crippen LogP contribution in [-0.2, 0) is 14.3 Å². The highest BCUT2D eigenvalue weighted by atomic mass is 16.6. The smallest absolute Gasteiger partial charge is 0.410 e. The number of aliphatic hydroxyl groups is 1. The number of methoxy groups -OCH3 is 1. The molecule has 6 nitrogen and oxygen atoms in total. The third-order valence-electron chi connectivity index (χ3n) is 3.22. The maximum absolute atomic E-state index is 12.2. The van der Waals surface area contributed by atoms with Crippen molar-refractivity contribution in [3.05, 3.63) is 0 Å². The average Bonchev–Trinajstić information content (AvgIpc) is 2.36. The van der Waals surface area contributed by atoms with E-state index < -0.39 is 29.8 Å². The Kier molecular flexibility index (Phi) is 5.80. The number of amides is 1. The van der Waals surface area contributed by atoms with Crippen LogP contribution in [0.5, 0.6) is 0 Å². The van der Waals surface area contributed by atoms with Crippen LogP contribution < -0.4 is 0 Å². The summed E-state index contributed by atoms with van der Waals surface area (Å²) in [6, 6.07) is -0.391. The van der Waals surface area contributed by atoms with Crippen LogP contribution >= 0.6 is 0 Å². The molecule has 1 heterocycles. The summed E-state index contributed by atoms with van der Waals surface area (Å²) in [5, 5.41) is 10.1. The summed E-state index contributed by atoms with van der Waals surface area (Å²) in [4.78, 5) is 24.9. The molecule has 1 aliphatic heterocycles. The number of nitrogens with zero attached hydrogens (tertiary/aromatic N) is 1. The van der Waals surface area contributed by atoms with E-state index in [1.54, 1.807) is 20.8 Å². The zero-order chi connectivity index (χ0) is 15.3. The Morgan fingerprint density at radius 2 is 2.00 bits per heavy atom. The van der Waals surface area contributed by atoms with Crippen molar-refractivity contribution in [2.45, 2.75) is 64.2 Å². The molecule has 20 heavy (non-hydrogen) atoms. The lowest BCUT2D eigenvalue weighted by atomic mass is 9.96. The van der Waals surface area contributed by atoms with E-state index >= 15 is 0 Å². The molecular formula is C14H25NO5. The molecule has 1 aliphatic rings. The topological polar surface area (TPSA) is 76.1 Å². The van der Waals surface area contributed by atoms with E-state index in [4.69, 9.17) is 4.74 Å². The predicted octanol–water partition coefficient (Wildman–Crippen LogP) is 1.70. The van der Waals surface area contributed by atoms with Gasteiger partial charge in [0.05, 0.1) is 25.7 Å². The number of likely N-dealkylation sites (tertiary alicyclic amines) is 1. The third-order valence-corrected chi connectivity index (χ3v) is 3.22. The zero-order valence-electron chi connectivity index (χ0n) is 12.7. The number of piperidine rings is 1. The number of ether oxygens (including phenoxy) is 2. The summed E-state index contributed by atoms with van der Waals surface area (Å²) in [7, 11) is 1.28. The van der Waals surface area contributed by atoms with E-state index in [2.05, 4.69) is 4.74 Å². The monoisotopic (exact) mass is 287 g/mol. The van der Waals surface area contributed by atoms with Gasteiger partial charge in [-0.3, -0.25) is 4.79 Å². The molecule has 0 aliphatic carbocycles. The van der Waals surface area contributed by atoms with Gasteiger partial charge in [-0.2, -0.15) is 0 Å². The van der Waals surface area contributed by atoms with Gasteiger partial charge in [-0.15, -0.1) is 0 Å². The van der Waals surface area contributed by atoms with E-state index in [-0.39, 0.29) is 6.42 Å². The second kappa shape index (κ2) is 6.92. The minimum absolute atomic E-state index is 0.111. The first-order chi connectivity index (χ1) is 9.24. The molecule has 6 heteroatoms. The summed E-state index contributed by atoms with van der Waals surface area (Å²) in [6.07, 6.45) is 0.988. The Morgan fingerprint density at radius 1 is 1.35 bits per heavy atom. The van der Waals surface area contributed by atoms with Crippen LogP contribution in [0.2, 0.25) is 0 Å². The van der Waals surface area contributed by atoms with Gasteiger partial charge < -0.3 is 19.5 Å². The molecule has 0 aromatic heterocycles. The molecule has 0 radical (unpaired) electrons. The minimum atomic E-state index is -0.921. The van der Waals surface area contributed by atoms with Gasteiger partial charge >= 0.3 is 12.1 Å².